The zero-order chi connectivity index (χ0) is 31.7. The van der Waals surface area contributed by atoms with Crippen molar-refractivity contribution in [1.82, 2.24) is 20.1 Å². The quantitative estimate of drug-likeness (QED) is 0.202. The minimum absolute atomic E-state index is 0.00406. The molecule has 0 aromatic heterocycles. The zero-order valence-corrected chi connectivity index (χ0v) is 26.1. The Bertz CT molecular complexity index is 1420. The van der Waals surface area contributed by atoms with Crippen LogP contribution in [0.4, 0.5) is 0 Å². The molecule has 0 bridgehead atoms. The maximum absolute atomic E-state index is 14.0. The van der Waals surface area contributed by atoms with Crippen molar-refractivity contribution in [2.24, 2.45) is 5.92 Å². The van der Waals surface area contributed by atoms with Gasteiger partial charge in [-0.1, -0.05) is 44.2 Å². The summed E-state index contributed by atoms with van der Waals surface area (Å²) in [6, 6.07) is 12.9. The highest BCUT2D eigenvalue weighted by atomic mass is 32.2. The number of carbonyl (C=O) groups is 2. The Morgan fingerprint density at radius 1 is 1.07 bits per heavy atom. The van der Waals surface area contributed by atoms with Crippen LogP contribution in [0.3, 0.4) is 0 Å². The van der Waals surface area contributed by atoms with Crippen LogP contribution in [0.5, 0.6) is 11.5 Å². The van der Waals surface area contributed by atoms with Gasteiger partial charge in [0.25, 0.3) is 5.91 Å². The number of hydrogen-bond acceptors (Lipinski definition) is 8. The van der Waals surface area contributed by atoms with E-state index in [0.717, 1.165) is 23.4 Å². The highest BCUT2D eigenvalue weighted by Crippen LogP contribution is 2.33. The minimum Gasteiger partial charge on any atom is -0.486 e. The summed E-state index contributed by atoms with van der Waals surface area (Å²) in [6.07, 6.45) is 6.24. The van der Waals surface area contributed by atoms with Crippen molar-refractivity contribution in [3.8, 4) is 23.8 Å². The molecular formula is C32H42N4O7S. The number of hydrazine groups is 1. The number of terminal acetylenes is 1. The zero-order valence-electron chi connectivity index (χ0n) is 25.3. The van der Waals surface area contributed by atoms with Gasteiger partial charge in [-0.2, -0.15) is 4.31 Å². The number of rotatable bonds is 15. The molecule has 1 aliphatic heterocycles. The summed E-state index contributed by atoms with van der Waals surface area (Å²) in [4.78, 5) is 26.4. The van der Waals surface area contributed by atoms with Crippen LogP contribution >= 0.6 is 0 Å². The highest BCUT2D eigenvalue weighted by molar-refractivity contribution is 7.89. The van der Waals surface area contributed by atoms with Crippen LogP contribution in [0.2, 0.25) is 0 Å². The molecule has 1 unspecified atom stereocenters. The molecule has 1 fully saturated rings. The van der Waals surface area contributed by atoms with Crippen LogP contribution < -0.4 is 20.2 Å². The summed E-state index contributed by atoms with van der Waals surface area (Å²) in [6.45, 7) is 4.20. The summed E-state index contributed by atoms with van der Waals surface area (Å²) in [5.74, 6) is 2.23. The Morgan fingerprint density at radius 2 is 1.77 bits per heavy atom. The third-order valence-electron chi connectivity index (χ3n) is 7.30. The van der Waals surface area contributed by atoms with E-state index in [4.69, 9.17) is 15.9 Å². The second kappa shape index (κ2) is 15.4. The summed E-state index contributed by atoms with van der Waals surface area (Å²) in [5, 5.41) is 16.0. The van der Waals surface area contributed by atoms with Crippen molar-refractivity contribution in [1.29, 1.82) is 0 Å². The molecule has 0 radical (unpaired) electrons. The Kier molecular flexibility index (Phi) is 11.6. The number of ether oxygens (including phenoxy) is 2. The first-order chi connectivity index (χ1) is 21.1. The summed E-state index contributed by atoms with van der Waals surface area (Å²) < 4.78 is 40.3. The summed E-state index contributed by atoms with van der Waals surface area (Å²) in [7, 11) is -4.11. The largest absolute Gasteiger partial charge is 0.486 e. The maximum Gasteiger partial charge on any atom is 0.252 e. The van der Waals surface area contributed by atoms with E-state index in [1.165, 1.54) is 16.4 Å². The van der Waals surface area contributed by atoms with Crippen LogP contribution in [0.1, 0.15) is 45.1 Å². The van der Waals surface area contributed by atoms with Crippen LogP contribution in [0.15, 0.2) is 53.4 Å². The Hall–Kier alpha value is -3.63. The molecule has 1 saturated carbocycles. The number of aliphatic hydroxyl groups excluding tert-OH is 1. The fourth-order valence-corrected chi connectivity index (χ4v) is 6.56. The van der Waals surface area contributed by atoms with E-state index in [0.29, 0.717) is 24.7 Å². The van der Waals surface area contributed by atoms with Crippen LogP contribution in [-0.2, 0) is 26.0 Å². The van der Waals surface area contributed by atoms with Gasteiger partial charge < -0.3 is 19.9 Å². The SMILES string of the molecule is C#CCCC(=O)N(NC(=O)CNC1CC1)C(Cc1ccccc1)[C@H](O)CN(CC(C)C)S(=O)(=O)c1ccc2c(c1)OCCO2. The lowest BCUT2D eigenvalue weighted by atomic mass is 9.99. The number of hydrogen-bond donors (Lipinski definition) is 3. The van der Waals surface area contributed by atoms with E-state index < -0.39 is 34.0 Å². The van der Waals surface area contributed by atoms with Crippen LogP contribution in [-0.4, -0.2) is 85.7 Å². The van der Waals surface area contributed by atoms with Gasteiger partial charge in [0.05, 0.1) is 23.6 Å². The van der Waals surface area contributed by atoms with Crippen LogP contribution in [0.25, 0.3) is 0 Å². The summed E-state index contributed by atoms with van der Waals surface area (Å²) >= 11 is 0. The molecule has 2 aromatic carbocycles. The van der Waals surface area contributed by atoms with E-state index in [1.807, 2.05) is 44.2 Å². The molecule has 1 aliphatic carbocycles. The lowest BCUT2D eigenvalue weighted by molar-refractivity contribution is -0.147. The number of benzene rings is 2. The standard InChI is InChI=1S/C32H42N4O7S/c1-4-5-11-32(39)36(34-31(38)20-33-25-12-13-25)27(18-24-9-7-6-8-10-24)28(37)22-35(21-23(2)3)44(40,41)26-14-15-29-30(19-26)43-17-16-42-29/h1,6-10,14-15,19,23,25,27-28,33,37H,5,11-13,16-18,20-22H2,2-3H3,(H,34,38)/t27?,28-/m1/s1. The second-order valence-electron chi connectivity index (χ2n) is 11.5. The van der Waals surface area contributed by atoms with Crippen molar-refractivity contribution in [2.75, 3.05) is 32.8 Å². The first-order valence-electron chi connectivity index (χ1n) is 15.0. The topological polar surface area (TPSA) is 138 Å². The smallest absolute Gasteiger partial charge is 0.252 e. The van der Waals surface area contributed by atoms with Gasteiger partial charge in [0.15, 0.2) is 11.5 Å². The second-order valence-corrected chi connectivity index (χ2v) is 13.4. The van der Waals surface area contributed by atoms with Crippen molar-refractivity contribution in [3.05, 3.63) is 54.1 Å². The predicted molar refractivity (Wildman–Crippen MR) is 165 cm³/mol. The molecule has 0 spiro atoms. The fourth-order valence-electron chi connectivity index (χ4n) is 4.92. The fraction of sp³-hybridized carbons (Fsp3) is 0.500. The van der Waals surface area contributed by atoms with E-state index in [9.17, 15) is 23.1 Å². The molecule has 238 valence electrons. The Morgan fingerprint density at radius 3 is 2.43 bits per heavy atom. The number of nitrogens with zero attached hydrogens (tertiary/aromatic N) is 2. The monoisotopic (exact) mass is 626 g/mol. The van der Waals surface area contributed by atoms with E-state index in [2.05, 4.69) is 16.7 Å². The number of amides is 2. The van der Waals surface area contributed by atoms with Gasteiger partial charge in [0, 0.05) is 38.0 Å². The average Bonchev–Trinajstić information content (AvgIpc) is 3.85. The first-order valence-corrected chi connectivity index (χ1v) is 16.4. The van der Waals surface area contributed by atoms with E-state index in [-0.39, 0.29) is 55.8 Å². The Balaban J connectivity index is 1.65. The van der Waals surface area contributed by atoms with Gasteiger partial charge in [-0.25, -0.2) is 13.4 Å². The number of aliphatic hydroxyl groups is 1. The maximum atomic E-state index is 14.0. The molecule has 11 nitrogen and oxygen atoms in total. The van der Waals surface area contributed by atoms with Gasteiger partial charge in [-0.3, -0.25) is 15.0 Å². The molecule has 3 N–H and O–H groups in total. The predicted octanol–water partition coefficient (Wildman–Crippen LogP) is 2.10. The van der Waals surface area contributed by atoms with Gasteiger partial charge in [0.1, 0.15) is 13.2 Å². The molecule has 12 heteroatoms. The van der Waals surface area contributed by atoms with Crippen LogP contribution in [0, 0.1) is 18.3 Å². The molecule has 2 atom stereocenters. The lowest BCUT2D eigenvalue weighted by Crippen LogP contribution is -2.60. The average molecular weight is 627 g/mol. The normalized spacial score (nSPS) is 15.8. The van der Waals surface area contributed by atoms with Crippen molar-refractivity contribution in [2.45, 2.75) is 69.0 Å². The molecular weight excluding hydrogens is 584 g/mol. The third-order valence-corrected chi connectivity index (χ3v) is 9.13. The highest BCUT2D eigenvalue weighted by Gasteiger charge is 2.36. The van der Waals surface area contributed by atoms with Gasteiger partial charge in [0.2, 0.25) is 15.9 Å². The number of nitrogens with one attached hydrogen (secondary N) is 2. The first kappa shape index (κ1) is 33.3. The summed E-state index contributed by atoms with van der Waals surface area (Å²) in [5.41, 5.74) is 3.48. The Labute approximate surface area is 259 Å². The number of carbonyl (C=O) groups excluding carboxylic acids is 2. The van der Waals surface area contributed by atoms with E-state index in [1.54, 1.807) is 6.07 Å². The van der Waals surface area contributed by atoms with E-state index >= 15 is 0 Å². The molecule has 2 aromatic rings. The van der Waals surface area contributed by atoms with Gasteiger partial charge in [-0.15, -0.1) is 12.3 Å². The minimum atomic E-state index is -4.11. The third kappa shape index (κ3) is 9.19. The number of sulfonamides is 1. The molecule has 0 saturated heterocycles. The molecule has 1 heterocycles. The van der Waals surface area contributed by atoms with Gasteiger partial charge >= 0.3 is 0 Å². The molecule has 2 amide bonds. The van der Waals surface area contributed by atoms with Crippen molar-refractivity contribution in [3.63, 3.8) is 0 Å². The molecule has 44 heavy (non-hydrogen) atoms. The number of fused-ring (bicyclic) bond motifs is 1. The molecule has 4 rings (SSSR count). The molecule has 2 aliphatic rings. The van der Waals surface area contributed by atoms with Gasteiger partial charge in [-0.05, 0) is 42.9 Å². The van der Waals surface area contributed by atoms with Crippen molar-refractivity contribution < 1.29 is 32.6 Å². The van der Waals surface area contributed by atoms with Crippen molar-refractivity contribution >= 4 is 21.8 Å². The lowest BCUT2D eigenvalue weighted by Gasteiger charge is -2.37.